The van der Waals surface area contributed by atoms with Crippen LogP contribution in [0.4, 0.5) is 0 Å². The molecule has 4 nitrogen and oxygen atoms in total. The molecule has 0 aromatic carbocycles. The summed E-state index contributed by atoms with van der Waals surface area (Å²) in [5, 5.41) is 4.15. The number of carbonyl (C=O) groups is 1. The molecule has 1 aromatic heterocycles. The second kappa shape index (κ2) is 5.52. The van der Waals surface area contributed by atoms with E-state index in [1.54, 1.807) is 6.33 Å². The lowest BCUT2D eigenvalue weighted by atomic mass is 10.2. The molecule has 1 aromatic rings. The van der Waals surface area contributed by atoms with Gasteiger partial charge in [0.05, 0.1) is 0 Å². The largest absolute Gasteiger partial charge is 0.303 e. The van der Waals surface area contributed by atoms with Crippen LogP contribution < -0.4 is 0 Å². The molecule has 0 spiro atoms. The molecule has 0 atom stereocenters. The number of rotatable bonds is 6. The molecule has 78 valence electrons. The zero-order valence-electron chi connectivity index (χ0n) is 8.81. The Bertz CT molecular complexity index is 281. The highest BCUT2D eigenvalue weighted by molar-refractivity contribution is 5.48. The number of nitrogens with zero attached hydrogens (tertiary/aromatic N) is 3. The van der Waals surface area contributed by atoms with Crippen LogP contribution in [0.25, 0.3) is 0 Å². The van der Waals surface area contributed by atoms with Gasteiger partial charge in [-0.3, -0.25) is 0 Å². The van der Waals surface area contributed by atoms with Crippen LogP contribution in [0, 0.1) is 0 Å². The van der Waals surface area contributed by atoms with E-state index in [1.807, 2.05) is 4.68 Å². The average Bonchev–Trinajstić information content (AvgIpc) is 2.60. The Morgan fingerprint density at radius 1 is 1.50 bits per heavy atom. The highest BCUT2D eigenvalue weighted by Gasteiger charge is 2.07. The van der Waals surface area contributed by atoms with E-state index < -0.39 is 0 Å². The van der Waals surface area contributed by atoms with E-state index in [0.717, 1.165) is 31.5 Å². The second-order valence-electron chi connectivity index (χ2n) is 3.66. The van der Waals surface area contributed by atoms with Gasteiger partial charge in [-0.15, -0.1) is 0 Å². The van der Waals surface area contributed by atoms with Crippen molar-refractivity contribution in [1.29, 1.82) is 0 Å². The molecule has 0 saturated carbocycles. The molecule has 4 heteroatoms. The van der Waals surface area contributed by atoms with Crippen molar-refractivity contribution in [2.75, 3.05) is 0 Å². The van der Waals surface area contributed by atoms with Gasteiger partial charge in [-0.05, 0) is 12.8 Å². The number of aryl methyl sites for hydroxylation is 1. The number of aromatic nitrogens is 3. The molecule has 14 heavy (non-hydrogen) atoms. The van der Waals surface area contributed by atoms with Gasteiger partial charge in [0.15, 0.2) is 0 Å². The van der Waals surface area contributed by atoms with Crippen LogP contribution in [0.2, 0.25) is 0 Å². The third-order valence-corrected chi connectivity index (χ3v) is 2.10. The van der Waals surface area contributed by atoms with Crippen LogP contribution in [0.15, 0.2) is 6.33 Å². The molecular formula is C10H17N3O. The first kappa shape index (κ1) is 10.9. The van der Waals surface area contributed by atoms with Crippen LogP contribution in [0.5, 0.6) is 0 Å². The van der Waals surface area contributed by atoms with Crippen LogP contribution in [-0.2, 0) is 11.3 Å². The maximum Gasteiger partial charge on any atom is 0.138 e. The molecule has 0 aliphatic carbocycles. The lowest BCUT2D eigenvalue weighted by Crippen LogP contribution is -2.07. The summed E-state index contributed by atoms with van der Waals surface area (Å²) in [7, 11) is 0. The Morgan fingerprint density at radius 2 is 2.29 bits per heavy atom. The van der Waals surface area contributed by atoms with Crippen molar-refractivity contribution < 1.29 is 4.79 Å². The quantitative estimate of drug-likeness (QED) is 0.513. The Labute approximate surface area is 84.3 Å². The molecular weight excluding hydrogens is 178 g/mol. The fourth-order valence-corrected chi connectivity index (χ4v) is 1.38. The molecule has 0 unspecified atom stereocenters. The Hall–Kier alpha value is -1.19. The summed E-state index contributed by atoms with van der Waals surface area (Å²) >= 11 is 0. The molecule has 0 bridgehead atoms. The van der Waals surface area contributed by atoms with Gasteiger partial charge < -0.3 is 4.79 Å². The summed E-state index contributed by atoms with van der Waals surface area (Å²) in [4.78, 5) is 14.3. The average molecular weight is 195 g/mol. The lowest BCUT2D eigenvalue weighted by Gasteiger charge is -2.07. The summed E-state index contributed by atoms with van der Waals surface area (Å²) < 4.78 is 1.93. The predicted octanol–water partition coefficient (Wildman–Crippen LogP) is 1.77. The van der Waals surface area contributed by atoms with Crippen molar-refractivity contribution in [3.05, 3.63) is 12.2 Å². The minimum Gasteiger partial charge on any atom is -0.303 e. The molecule has 0 radical (unpaired) electrons. The van der Waals surface area contributed by atoms with Crippen LogP contribution >= 0.6 is 0 Å². The molecule has 0 N–H and O–H groups in total. The van der Waals surface area contributed by atoms with Gasteiger partial charge in [0.25, 0.3) is 0 Å². The van der Waals surface area contributed by atoms with Crippen molar-refractivity contribution in [2.24, 2.45) is 0 Å². The highest BCUT2D eigenvalue weighted by atomic mass is 16.1. The number of carbonyl (C=O) groups excluding carboxylic acids is 1. The van der Waals surface area contributed by atoms with Crippen molar-refractivity contribution in [2.45, 2.75) is 45.6 Å². The summed E-state index contributed by atoms with van der Waals surface area (Å²) in [6.45, 7) is 5.07. The topological polar surface area (TPSA) is 47.8 Å². The van der Waals surface area contributed by atoms with Crippen LogP contribution in [0.1, 0.15) is 44.9 Å². The molecule has 1 heterocycles. The molecule has 0 saturated heterocycles. The first-order valence-corrected chi connectivity index (χ1v) is 5.07. The number of unbranched alkanes of at least 4 members (excludes halogenated alkanes) is 2. The first-order valence-electron chi connectivity index (χ1n) is 5.07. The Balaban J connectivity index is 2.41. The van der Waals surface area contributed by atoms with E-state index in [2.05, 4.69) is 23.9 Å². The summed E-state index contributed by atoms with van der Waals surface area (Å²) in [6, 6.07) is 0. The SMILES string of the molecule is CC(C)c1ncnn1CCCCC=O. The zero-order valence-corrected chi connectivity index (χ0v) is 8.81. The van der Waals surface area contributed by atoms with Gasteiger partial charge in [0.2, 0.25) is 0 Å². The Morgan fingerprint density at radius 3 is 2.93 bits per heavy atom. The molecule has 0 aliphatic heterocycles. The van der Waals surface area contributed by atoms with E-state index in [1.165, 1.54) is 0 Å². The molecule has 1 rings (SSSR count). The van der Waals surface area contributed by atoms with Crippen molar-refractivity contribution >= 4 is 6.29 Å². The number of aldehydes is 1. The van der Waals surface area contributed by atoms with E-state index in [9.17, 15) is 4.79 Å². The van der Waals surface area contributed by atoms with Gasteiger partial charge in [0, 0.05) is 18.9 Å². The van der Waals surface area contributed by atoms with Gasteiger partial charge in [-0.2, -0.15) is 5.10 Å². The van der Waals surface area contributed by atoms with Crippen molar-refractivity contribution in [3.63, 3.8) is 0 Å². The first-order chi connectivity index (χ1) is 6.75. The van der Waals surface area contributed by atoms with E-state index in [0.29, 0.717) is 12.3 Å². The van der Waals surface area contributed by atoms with Gasteiger partial charge in [0.1, 0.15) is 18.4 Å². The molecule has 0 aliphatic rings. The lowest BCUT2D eigenvalue weighted by molar-refractivity contribution is -0.107. The minimum atomic E-state index is 0.406. The normalized spacial score (nSPS) is 10.8. The molecule has 0 fully saturated rings. The van der Waals surface area contributed by atoms with Gasteiger partial charge in [-0.1, -0.05) is 13.8 Å². The van der Waals surface area contributed by atoms with E-state index >= 15 is 0 Å². The van der Waals surface area contributed by atoms with Gasteiger partial charge >= 0.3 is 0 Å². The fraction of sp³-hybridized carbons (Fsp3) is 0.700. The number of hydrogen-bond donors (Lipinski definition) is 0. The fourth-order valence-electron chi connectivity index (χ4n) is 1.38. The molecule has 0 amide bonds. The minimum absolute atomic E-state index is 0.406. The van der Waals surface area contributed by atoms with Crippen LogP contribution in [-0.4, -0.2) is 21.1 Å². The predicted molar refractivity (Wildman–Crippen MR) is 54.0 cm³/mol. The van der Waals surface area contributed by atoms with Crippen LogP contribution in [0.3, 0.4) is 0 Å². The third-order valence-electron chi connectivity index (χ3n) is 2.10. The van der Waals surface area contributed by atoms with Crippen molar-refractivity contribution in [1.82, 2.24) is 14.8 Å². The number of hydrogen-bond acceptors (Lipinski definition) is 3. The standard InChI is InChI=1S/C10H17N3O/c1-9(2)10-11-8-12-13(10)6-4-3-5-7-14/h7-9H,3-6H2,1-2H3. The maximum atomic E-state index is 10.1. The Kier molecular flexibility index (Phi) is 4.29. The van der Waals surface area contributed by atoms with E-state index in [4.69, 9.17) is 0 Å². The zero-order chi connectivity index (χ0) is 10.4. The van der Waals surface area contributed by atoms with E-state index in [-0.39, 0.29) is 0 Å². The summed E-state index contributed by atoms with van der Waals surface area (Å²) in [5.74, 6) is 1.43. The second-order valence-corrected chi connectivity index (χ2v) is 3.66. The summed E-state index contributed by atoms with van der Waals surface area (Å²) in [6.07, 6.45) is 5.12. The monoisotopic (exact) mass is 195 g/mol. The highest BCUT2D eigenvalue weighted by Crippen LogP contribution is 2.10. The third kappa shape index (κ3) is 2.94. The van der Waals surface area contributed by atoms with Crippen molar-refractivity contribution in [3.8, 4) is 0 Å². The smallest absolute Gasteiger partial charge is 0.138 e. The maximum absolute atomic E-state index is 10.1. The summed E-state index contributed by atoms with van der Waals surface area (Å²) in [5.41, 5.74) is 0. The van der Waals surface area contributed by atoms with Gasteiger partial charge in [-0.25, -0.2) is 9.67 Å².